The first-order valence-corrected chi connectivity index (χ1v) is 5.79. The van der Waals surface area contributed by atoms with E-state index in [1.165, 1.54) is 0 Å². The van der Waals surface area contributed by atoms with E-state index in [1.807, 2.05) is 39.1 Å². The molecule has 0 aliphatic carbocycles. The molecule has 1 aromatic heterocycles. The number of nitrogens with zero attached hydrogens (tertiary/aromatic N) is 1. The van der Waals surface area contributed by atoms with Crippen LogP contribution < -0.4 is 5.32 Å². The van der Waals surface area contributed by atoms with Gasteiger partial charge in [-0.25, -0.2) is 0 Å². The van der Waals surface area contributed by atoms with E-state index in [2.05, 4.69) is 17.2 Å². The Morgan fingerprint density at radius 3 is 2.62 bits per heavy atom. The molecule has 0 aromatic carbocycles. The first kappa shape index (κ1) is 13.1. The van der Waals surface area contributed by atoms with Gasteiger partial charge in [-0.3, -0.25) is 4.98 Å². The summed E-state index contributed by atoms with van der Waals surface area (Å²) in [4.78, 5) is 4.08. The van der Waals surface area contributed by atoms with E-state index in [1.54, 1.807) is 6.20 Å². The highest BCUT2D eigenvalue weighted by molar-refractivity contribution is 5.12. The minimum atomic E-state index is -0.670. The third kappa shape index (κ3) is 3.58. The Morgan fingerprint density at radius 1 is 1.44 bits per heavy atom. The highest BCUT2D eigenvalue weighted by atomic mass is 16.3. The molecular weight excluding hydrogens is 200 g/mol. The van der Waals surface area contributed by atoms with Crippen LogP contribution in [0.2, 0.25) is 0 Å². The Hall–Kier alpha value is -0.930. The van der Waals surface area contributed by atoms with E-state index in [0.717, 1.165) is 5.56 Å². The van der Waals surface area contributed by atoms with Crippen LogP contribution in [-0.4, -0.2) is 22.2 Å². The third-order valence-corrected chi connectivity index (χ3v) is 3.19. The van der Waals surface area contributed by atoms with Gasteiger partial charge in [0.05, 0.1) is 5.60 Å². The van der Waals surface area contributed by atoms with Crippen LogP contribution in [0.4, 0.5) is 0 Å². The second-order valence-corrected chi connectivity index (χ2v) is 4.90. The fraction of sp³-hybridized carbons (Fsp3) is 0.615. The van der Waals surface area contributed by atoms with Crippen LogP contribution in [0.25, 0.3) is 0 Å². The minimum Gasteiger partial charge on any atom is -0.389 e. The van der Waals surface area contributed by atoms with Crippen molar-refractivity contribution < 1.29 is 5.11 Å². The summed E-state index contributed by atoms with van der Waals surface area (Å²) in [6.45, 7) is 8.57. The van der Waals surface area contributed by atoms with E-state index in [0.29, 0.717) is 6.54 Å². The van der Waals surface area contributed by atoms with Crippen molar-refractivity contribution in [2.24, 2.45) is 5.92 Å². The molecule has 2 N–H and O–H groups in total. The summed E-state index contributed by atoms with van der Waals surface area (Å²) in [6, 6.07) is 4.17. The third-order valence-electron chi connectivity index (χ3n) is 3.19. The maximum Gasteiger partial charge on any atom is 0.0766 e. The summed E-state index contributed by atoms with van der Waals surface area (Å²) in [5.74, 6) is 0.237. The number of hydrogen-bond acceptors (Lipinski definition) is 3. The molecule has 1 unspecified atom stereocenters. The number of hydrogen-bond donors (Lipinski definition) is 2. The summed E-state index contributed by atoms with van der Waals surface area (Å²) in [6.07, 6.45) is 3.61. The minimum absolute atomic E-state index is 0.207. The fourth-order valence-electron chi connectivity index (χ4n) is 1.31. The number of rotatable bonds is 5. The van der Waals surface area contributed by atoms with Crippen molar-refractivity contribution in [3.63, 3.8) is 0 Å². The Labute approximate surface area is 97.9 Å². The predicted octanol–water partition coefficient (Wildman–Crippen LogP) is 2.14. The number of pyridine rings is 1. The second kappa shape index (κ2) is 5.41. The smallest absolute Gasteiger partial charge is 0.0766 e. The monoisotopic (exact) mass is 222 g/mol. The molecule has 0 spiro atoms. The van der Waals surface area contributed by atoms with Crippen LogP contribution in [0.1, 0.15) is 39.3 Å². The average Bonchev–Trinajstić information content (AvgIpc) is 2.27. The molecule has 0 radical (unpaired) electrons. The summed E-state index contributed by atoms with van der Waals surface area (Å²) in [7, 11) is 0. The van der Waals surface area contributed by atoms with Crippen LogP contribution in [0.15, 0.2) is 24.5 Å². The van der Waals surface area contributed by atoms with Gasteiger partial charge in [-0.15, -0.1) is 0 Å². The molecule has 0 aliphatic heterocycles. The standard InChI is InChI=1S/C13H22N2O/c1-10(2)13(4,16)9-15-11(3)12-6-5-7-14-8-12/h5-8,10-11,15-16H,9H2,1-4H3/t11-,13?/m1/s1. The van der Waals surface area contributed by atoms with Gasteiger partial charge in [0.25, 0.3) is 0 Å². The number of nitrogens with one attached hydrogen (secondary N) is 1. The van der Waals surface area contributed by atoms with E-state index in [-0.39, 0.29) is 12.0 Å². The zero-order valence-corrected chi connectivity index (χ0v) is 10.6. The Morgan fingerprint density at radius 2 is 2.12 bits per heavy atom. The van der Waals surface area contributed by atoms with Crippen LogP contribution in [0, 0.1) is 5.92 Å². The topological polar surface area (TPSA) is 45.1 Å². The molecule has 1 aromatic rings. The number of aromatic nitrogens is 1. The zero-order valence-electron chi connectivity index (χ0n) is 10.6. The molecule has 16 heavy (non-hydrogen) atoms. The molecule has 1 rings (SSSR count). The highest BCUT2D eigenvalue weighted by Crippen LogP contribution is 2.17. The van der Waals surface area contributed by atoms with Crippen molar-refractivity contribution in [1.29, 1.82) is 0 Å². The SMILES string of the molecule is CC(C)C(C)(O)CN[C@H](C)c1cccnc1. The summed E-state index contributed by atoms with van der Waals surface area (Å²) in [5, 5.41) is 13.4. The maximum atomic E-state index is 10.1. The van der Waals surface area contributed by atoms with Gasteiger partial charge in [-0.2, -0.15) is 0 Å². The lowest BCUT2D eigenvalue weighted by atomic mass is 9.92. The first-order valence-electron chi connectivity index (χ1n) is 5.79. The van der Waals surface area contributed by atoms with E-state index < -0.39 is 5.60 Å². The van der Waals surface area contributed by atoms with Gasteiger partial charge in [-0.1, -0.05) is 19.9 Å². The van der Waals surface area contributed by atoms with Gasteiger partial charge in [0.15, 0.2) is 0 Å². The fourth-order valence-corrected chi connectivity index (χ4v) is 1.31. The van der Waals surface area contributed by atoms with Crippen LogP contribution in [-0.2, 0) is 0 Å². The van der Waals surface area contributed by atoms with Gasteiger partial charge in [0.1, 0.15) is 0 Å². The van der Waals surface area contributed by atoms with E-state index >= 15 is 0 Å². The van der Waals surface area contributed by atoms with Crippen molar-refractivity contribution in [2.75, 3.05) is 6.54 Å². The molecule has 0 bridgehead atoms. The van der Waals surface area contributed by atoms with Gasteiger partial charge >= 0.3 is 0 Å². The van der Waals surface area contributed by atoms with Gasteiger partial charge in [-0.05, 0) is 31.4 Å². The molecular formula is C13H22N2O. The van der Waals surface area contributed by atoms with Crippen LogP contribution in [0.3, 0.4) is 0 Å². The van der Waals surface area contributed by atoms with Gasteiger partial charge in [0.2, 0.25) is 0 Å². The van der Waals surface area contributed by atoms with Gasteiger partial charge in [0, 0.05) is 25.0 Å². The van der Waals surface area contributed by atoms with Crippen molar-refractivity contribution in [3.8, 4) is 0 Å². The summed E-state index contributed by atoms with van der Waals surface area (Å²) < 4.78 is 0. The molecule has 3 heteroatoms. The van der Waals surface area contributed by atoms with Crippen LogP contribution >= 0.6 is 0 Å². The maximum absolute atomic E-state index is 10.1. The Kier molecular flexibility index (Phi) is 4.44. The first-order chi connectivity index (χ1) is 7.43. The molecule has 0 fully saturated rings. The van der Waals surface area contributed by atoms with E-state index in [4.69, 9.17) is 0 Å². The lowest BCUT2D eigenvalue weighted by Gasteiger charge is -2.29. The second-order valence-electron chi connectivity index (χ2n) is 4.90. The summed E-state index contributed by atoms with van der Waals surface area (Å²) >= 11 is 0. The quantitative estimate of drug-likeness (QED) is 0.802. The van der Waals surface area contributed by atoms with Gasteiger partial charge < -0.3 is 10.4 Å². The van der Waals surface area contributed by atoms with Crippen molar-refractivity contribution in [3.05, 3.63) is 30.1 Å². The number of aliphatic hydroxyl groups is 1. The Balaban J connectivity index is 2.51. The highest BCUT2D eigenvalue weighted by Gasteiger charge is 2.25. The molecule has 0 saturated carbocycles. The molecule has 0 saturated heterocycles. The Bertz CT molecular complexity index is 309. The predicted molar refractivity (Wildman–Crippen MR) is 66.1 cm³/mol. The molecule has 1 heterocycles. The van der Waals surface area contributed by atoms with Crippen molar-refractivity contribution in [1.82, 2.24) is 10.3 Å². The molecule has 0 amide bonds. The summed E-state index contributed by atoms with van der Waals surface area (Å²) in [5.41, 5.74) is 0.471. The van der Waals surface area contributed by atoms with Crippen molar-refractivity contribution in [2.45, 2.75) is 39.3 Å². The van der Waals surface area contributed by atoms with Crippen molar-refractivity contribution >= 4 is 0 Å². The normalized spacial score (nSPS) is 17.1. The molecule has 90 valence electrons. The largest absolute Gasteiger partial charge is 0.389 e. The van der Waals surface area contributed by atoms with Crippen LogP contribution in [0.5, 0.6) is 0 Å². The molecule has 0 aliphatic rings. The molecule has 2 atom stereocenters. The molecule has 3 nitrogen and oxygen atoms in total. The lowest BCUT2D eigenvalue weighted by molar-refractivity contribution is 0.0122. The lowest BCUT2D eigenvalue weighted by Crippen LogP contribution is -2.42. The average molecular weight is 222 g/mol. The zero-order chi connectivity index (χ0) is 12.2. The van der Waals surface area contributed by atoms with E-state index in [9.17, 15) is 5.11 Å².